The summed E-state index contributed by atoms with van der Waals surface area (Å²) in [5.41, 5.74) is 0. The summed E-state index contributed by atoms with van der Waals surface area (Å²) in [6.45, 7) is 8.52. The van der Waals surface area contributed by atoms with Crippen LogP contribution in [0.25, 0.3) is 0 Å². The largest absolute Gasteiger partial charge is 0.500 e. The Morgan fingerprint density at radius 3 is 1.38 bits per heavy atom. The number of nitrogens with zero attached hydrogens (tertiary/aromatic N) is 3. The van der Waals surface area contributed by atoms with Crippen LogP contribution >= 0.6 is 0 Å². The van der Waals surface area contributed by atoms with Gasteiger partial charge in [-0.25, -0.2) is 0 Å². The van der Waals surface area contributed by atoms with Crippen molar-refractivity contribution in [2.45, 2.75) is 63.8 Å². The summed E-state index contributed by atoms with van der Waals surface area (Å²) in [6.07, 6.45) is 11.9. The van der Waals surface area contributed by atoms with Crippen molar-refractivity contribution in [3.8, 4) is 0 Å². The fourth-order valence-electron chi connectivity index (χ4n) is 4.00. The molecule has 0 unspecified atom stereocenters. The minimum atomic E-state index is -2.35. The topological polar surface area (TPSA) is 37.4 Å². The van der Waals surface area contributed by atoms with Gasteiger partial charge in [0.25, 0.3) is 0 Å². The van der Waals surface area contributed by atoms with Crippen LogP contribution in [0.5, 0.6) is 0 Å². The van der Waals surface area contributed by atoms with E-state index in [9.17, 15) is 0 Å². The monoisotopic (exact) mass is 431 g/mol. The minimum absolute atomic E-state index is 0.929. The molecule has 0 aliphatic carbocycles. The number of hydrogen-bond acceptors (Lipinski definition) is 6. The molecule has 0 atom stereocenters. The zero-order valence-corrected chi connectivity index (χ0v) is 21.1. The zero-order valence-electron chi connectivity index (χ0n) is 20.1. The van der Waals surface area contributed by atoms with Crippen LogP contribution in [-0.4, -0.2) is 105 Å². The summed E-state index contributed by atoms with van der Waals surface area (Å²) in [5, 5.41) is 0. The van der Waals surface area contributed by atoms with Crippen molar-refractivity contribution < 1.29 is 13.3 Å². The second-order valence-electron chi connectivity index (χ2n) is 8.68. The van der Waals surface area contributed by atoms with E-state index in [0.29, 0.717) is 0 Å². The van der Waals surface area contributed by atoms with Crippen molar-refractivity contribution >= 4 is 8.80 Å². The lowest BCUT2D eigenvalue weighted by molar-refractivity contribution is 0.122. The second-order valence-corrected chi connectivity index (χ2v) is 11.8. The van der Waals surface area contributed by atoms with Gasteiger partial charge in [0.15, 0.2) is 0 Å². The van der Waals surface area contributed by atoms with E-state index in [1.54, 1.807) is 21.3 Å². The molecular formula is C22H49N3O3Si. The first-order valence-electron chi connectivity index (χ1n) is 11.8. The van der Waals surface area contributed by atoms with E-state index < -0.39 is 8.80 Å². The van der Waals surface area contributed by atoms with Gasteiger partial charge in [-0.2, -0.15) is 0 Å². The van der Waals surface area contributed by atoms with Crippen LogP contribution in [0.3, 0.4) is 0 Å². The lowest BCUT2D eigenvalue weighted by Crippen LogP contribution is -2.42. The van der Waals surface area contributed by atoms with Crippen molar-refractivity contribution in [3.63, 3.8) is 0 Å². The zero-order chi connectivity index (χ0) is 21.4. The summed E-state index contributed by atoms with van der Waals surface area (Å²) in [6, 6.07) is 0.929. The quantitative estimate of drug-likeness (QED) is 0.292. The second kappa shape index (κ2) is 16.6. The van der Waals surface area contributed by atoms with Crippen LogP contribution in [0.2, 0.25) is 6.04 Å². The Hall–Kier alpha value is -0.0231. The van der Waals surface area contributed by atoms with Crippen LogP contribution in [0.15, 0.2) is 0 Å². The highest BCUT2D eigenvalue weighted by molar-refractivity contribution is 6.60. The number of likely N-dealkylation sites (N-methyl/N-ethyl adjacent to an activating group) is 2. The van der Waals surface area contributed by atoms with Crippen molar-refractivity contribution in [2.24, 2.45) is 0 Å². The Morgan fingerprint density at radius 1 is 0.552 bits per heavy atom. The first-order chi connectivity index (χ1) is 14.0. The van der Waals surface area contributed by atoms with Crippen molar-refractivity contribution in [1.82, 2.24) is 14.7 Å². The molecule has 174 valence electrons. The minimum Gasteiger partial charge on any atom is -0.377 e. The molecule has 0 aromatic carbocycles. The van der Waals surface area contributed by atoms with Gasteiger partial charge >= 0.3 is 8.80 Å². The molecule has 0 radical (unpaired) electrons. The molecule has 29 heavy (non-hydrogen) atoms. The molecule has 1 saturated heterocycles. The van der Waals surface area contributed by atoms with Gasteiger partial charge in [0.2, 0.25) is 0 Å². The SMILES string of the molecule is CO[Si](CCCCCCCCCCCN1CCN(C)CCN(C)CC1)(OC)OC. The van der Waals surface area contributed by atoms with Crippen LogP contribution in [0.1, 0.15) is 57.8 Å². The van der Waals surface area contributed by atoms with Crippen molar-refractivity contribution in [2.75, 3.05) is 81.2 Å². The lowest BCUT2D eigenvalue weighted by atomic mass is 10.1. The van der Waals surface area contributed by atoms with Crippen LogP contribution in [-0.2, 0) is 13.3 Å². The van der Waals surface area contributed by atoms with E-state index in [0.717, 1.165) is 12.5 Å². The molecule has 1 aliphatic rings. The van der Waals surface area contributed by atoms with E-state index >= 15 is 0 Å². The molecule has 6 nitrogen and oxygen atoms in total. The molecule has 0 amide bonds. The first-order valence-corrected chi connectivity index (χ1v) is 13.7. The number of unbranched alkanes of at least 4 members (excludes halogenated alkanes) is 8. The van der Waals surface area contributed by atoms with Crippen LogP contribution in [0, 0.1) is 0 Å². The van der Waals surface area contributed by atoms with Gasteiger partial charge in [-0.3, -0.25) is 0 Å². The lowest BCUT2D eigenvalue weighted by Gasteiger charge is -2.24. The first kappa shape index (κ1) is 27.0. The number of hydrogen-bond donors (Lipinski definition) is 0. The van der Waals surface area contributed by atoms with E-state index in [1.165, 1.54) is 97.2 Å². The van der Waals surface area contributed by atoms with Gasteiger partial charge in [0.1, 0.15) is 0 Å². The molecule has 1 aliphatic heterocycles. The highest BCUT2D eigenvalue weighted by Gasteiger charge is 2.36. The smallest absolute Gasteiger partial charge is 0.377 e. The van der Waals surface area contributed by atoms with Crippen molar-refractivity contribution in [3.05, 3.63) is 0 Å². The van der Waals surface area contributed by atoms with Gasteiger partial charge < -0.3 is 28.0 Å². The average molecular weight is 432 g/mol. The van der Waals surface area contributed by atoms with Gasteiger partial charge in [0.05, 0.1) is 0 Å². The highest BCUT2D eigenvalue weighted by Crippen LogP contribution is 2.18. The predicted octanol–water partition coefficient (Wildman–Crippen LogP) is 3.55. The van der Waals surface area contributed by atoms with Crippen molar-refractivity contribution in [1.29, 1.82) is 0 Å². The third-order valence-electron chi connectivity index (χ3n) is 6.35. The molecule has 1 fully saturated rings. The maximum Gasteiger partial charge on any atom is 0.500 e. The standard InChI is InChI=1S/C22H49N3O3Si/c1-23-16-17-24(2)19-21-25(20-18-23)15-13-11-9-7-6-8-10-12-14-22-29(26-3,27-4)28-5/h6-22H2,1-5H3. The molecule has 1 rings (SSSR count). The molecule has 0 N–H and O–H groups in total. The summed E-state index contributed by atoms with van der Waals surface area (Å²) >= 11 is 0. The van der Waals surface area contributed by atoms with E-state index in [2.05, 4.69) is 28.8 Å². The maximum atomic E-state index is 5.48. The molecule has 0 bridgehead atoms. The van der Waals surface area contributed by atoms with Gasteiger partial charge in [-0.15, -0.1) is 0 Å². The Morgan fingerprint density at radius 2 is 0.931 bits per heavy atom. The van der Waals surface area contributed by atoms with Gasteiger partial charge in [-0.05, 0) is 33.5 Å². The fourth-order valence-corrected chi connectivity index (χ4v) is 5.79. The Bertz CT molecular complexity index is 364. The molecule has 1 heterocycles. The average Bonchev–Trinajstić information content (AvgIpc) is 2.81. The highest BCUT2D eigenvalue weighted by atomic mass is 28.4. The third-order valence-corrected chi connectivity index (χ3v) is 9.18. The van der Waals surface area contributed by atoms with E-state index in [1.807, 2.05) is 0 Å². The molecule has 0 aromatic rings. The van der Waals surface area contributed by atoms with Gasteiger partial charge in [-0.1, -0.05) is 44.9 Å². The van der Waals surface area contributed by atoms with E-state index in [-0.39, 0.29) is 0 Å². The van der Waals surface area contributed by atoms with E-state index in [4.69, 9.17) is 13.3 Å². The normalized spacial score (nSPS) is 18.5. The van der Waals surface area contributed by atoms with Gasteiger partial charge in [0, 0.05) is 66.6 Å². The maximum absolute atomic E-state index is 5.48. The Kier molecular flexibility index (Phi) is 15.5. The summed E-state index contributed by atoms with van der Waals surface area (Å²) in [5.74, 6) is 0. The Balaban J connectivity index is 1.97. The Labute approximate surface area is 182 Å². The predicted molar refractivity (Wildman–Crippen MR) is 125 cm³/mol. The molecular weight excluding hydrogens is 382 g/mol. The molecule has 7 heteroatoms. The molecule has 0 aromatic heterocycles. The molecule has 0 spiro atoms. The van der Waals surface area contributed by atoms with Crippen LogP contribution in [0.4, 0.5) is 0 Å². The third kappa shape index (κ3) is 12.4. The summed E-state index contributed by atoms with van der Waals surface area (Å²) in [7, 11) is 7.26. The molecule has 0 saturated carbocycles. The number of rotatable bonds is 15. The fraction of sp³-hybridized carbons (Fsp3) is 1.00. The summed E-state index contributed by atoms with van der Waals surface area (Å²) < 4.78 is 16.4. The van der Waals surface area contributed by atoms with Crippen LogP contribution < -0.4 is 0 Å². The summed E-state index contributed by atoms with van der Waals surface area (Å²) in [4.78, 5) is 7.61.